The summed E-state index contributed by atoms with van der Waals surface area (Å²) in [5, 5.41) is 0. The van der Waals surface area contributed by atoms with Crippen molar-refractivity contribution in [1.29, 1.82) is 0 Å². The van der Waals surface area contributed by atoms with Crippen molar-refractivity contribution in [1.82, 2.24) is 0 Å². The molecule has 1 nitrogen and oxygen atoms in total. The van der Waals surface area contributed by atoms with Crippen molar-refractivity contribution >= 4 is 0 Å². The van der Waals surface area contributed by atoms with Crippen LogP contribution in [0.4, 0.5) is 0 Å². The fourth-order valence-corrected chi connectivity index (χ4v) is 2.37. The normalized spacial score (nSPS) is 27.0. The van der Waals surface area contributed by atoms with Crippen LogP contribution in [-0.2, 0) is 0 Å². The number of hydrogen-bond acceptors (Lipinski definition) is 0. The lowest BCUT2D eigenvalue weighted by Crippen LogP contribution is -3.13. The Bertz CT molecular complexity index is 117. The van der Waals surface area contributed by atoms with Gasteiger partial charge in [-0.3, -0.25) is 0 Å². The van der Waals surface area contributed by atoms with Gasteiger partial charge in [0.2, 0.25) is 0 Å². The predicted molar refractivity (Wildman–Crippen MR) is 58.1 cm³/mol. The van der Waals surface area contributed by atoms with Crippen molar-refractivity contribution in [3.63, 3.8) is 0 Å². The molecule has 14 heavy (non-hydrogen) atoms. The molecule has 2 heteroatoms. The van der Waals surface area contributed by atoms with E-state index in [2.05, 4.69) is 13.8 Å². The molecule has 1 fully saturated rings. The van der Waals surface area contributed by atoms with Gasteiger partial charge in [-0.1, -0.05) is 26.7 Å². The molecular formula is C12H26ClN. The van der Waals surface area contributed by atoms with Crippen LogP contribution >= 0.6 is 0 Å². The quantitative estimate of drug-likeness (QED) is 0.560. The fourth-order valence-electron chi connectivity index (χ4n) is 2.37. The number of piperidine rings is 1. The van der Waals surface area contributed by atoms with Gasteiger partial charge in [-0.05, 0) is 31.6 Å². The lowest BCUT2D eigenvalue weighted by atomic mass is 9.94. The molecule has 1 rings (SSSR count). The summed E-state index contributed by atoms with van der Waals surface area (Å²) >= 11 is 0. The highest BCUT2D eigenvalue weighted by molar-refractivity contribution is 4.59. The van der Waals surface area contributed by atoms with Gasteiger partial charge in [0.25, 0.3) is 0 Å². The molecule has 0 saturated carbocycles. The van der Waals surface area contributed by atoms with Crippen LogP contribution in [0.15, 0.2) is 0 Å². The van der Waals surface area contributed by atoms with Gasteiger partial charge < -0.3 is 17.3 Å². The molecule has 0 bridgehead atoms. The van der Waals surface area contributed by atoms with Crippen molar-refractivity contribution in [2.75, 3.05) is 19.6 Å². The molecule has 0 spiro atoms. The van der Waals surface area contributed by atoms with Gasteiger partial charge in [-0.15, -0.1) is 0 Å². The highest BCUT2D eigenvalue weighted by Gasteiger charge is 2.19. The smallest absolute Gasteiger partial charge is 0.0773 e. The molecule has 1 heterocycles. The van der Waals surface area contributed by atoms with E-state index >= 15 is 0 Å². The molecule has 0 aromatic rings. The van der Waals surface area contributed by atoms with E-state index in [0.29, 0.717) is 0 Å². The molecule has 1 N–H and O–H groups in total. The number of halogens is 1. The lowest BCUT2D eigenvalue weighted by Gasteiger charge is -2.28. The summed E-state index contributed by atoms with van der Waals surface area (Å²) in [5.41, 5.74) is 0. The first-order valence-corrected chi connectivity index (χ1v) is 6.20. The highest BCUT2D eigenvalue weighted by Crippen LogP contribution is 2.12. The third-order valence-electron chi connectivity index (χ3n) is 3.52. The number of nitrogens with one attached hydrogen (secondary N) is 1. The highest BCUT2D eigenvalue weighted by atomic mass is 35.5. The Morgan fingerprint density at radius 2 is 1.71 bits per heavy atom. The fraction of sp³-hybridized carbons (Fsp3) is 1.00. The number of quaternary nitrogens is 1. The Kier molecular flexibility index (Phi) is 8.70. The molecule has 0 amide bonds. The van der Waals surface area contributed by atoms with E-state index in [1.807, 2.05) is 4.90 Å². The van der Waals surface area contributed by atoms with Crippen molar-refractivity contribution in [3.05, 3.63) is 0 Å². The Morgan fingerprint density at radius 1 is 1.07 bits per heavy atom. The average molecular weight is 220 g/mol. The first kappa shape index (κ1) is 14.2. The van der Waals surface area contributed by atoms with Crippen LogP contribution in [0.3, 0.4) is 0 Å². The van der Waals surface area contributed by atoms with Gasteiger partial charge in [0, 0.05) is 0 Å². The molecule has 86 valence electrons. The topological polar surface area (TPSA) is 4.44 Å². The van der Waals surface area contributed by atoms with E-state index in [1.165, 1.54) is 58.2 Å². The standard InChI is InChI=1S/C12H25N.ClH/c1-3-5-6-9-13-10-7-12(4-2)8-11-13;/h12H,3-11H2,1-2H3;1H. The van der Waals surface area contributed by atoms with Gasteiger partial charge in [0.05, 0.1) is 19.6 Å². The van der Waals surface area contributed by atoms with E-state index in [-0.39, 0.29) is 12.4 Å². The van der Waals surface area contributed by atoms with E-state index in [0.717, 1.165) is 5.92 Å². The Morgan fingerprint density at radius 3 is 2.21 bits per heavy atom. The summed E-state index contributed by atoms with van der Waals surface area (Å²) in [6.07, 6.45) is 8.62. The molecule has 1 saturated heterocycles. The van der Waals surface area contributed by atoms with Gasteiger partial charge in [0.1, 0.15) is 0 Å². The van der Waals surface area contributed by atoms with Crippen molar-refractivity contribution in [2.24, 2.45) is 5.92 Å². The van der Waals surface area contributed by atoms with Crippen molar-refractivity contribution < 1.29 is 17.3 Å². The molecule has 0 aromatic heterocycles. The first-order chi connectivity index (χ1) is 6.36. The van der Waals surface area contributed by atoms with Gasteiger partial charge in [-0.25, -0.2) is 0 Å². The van der Waals surface area contributed by atoms with Crippen LogP contribution in [-0.4, -0.2) is 19.6 Å². The largest absolute Gasteiger partial charge is 1.00 e. The Hall–Kier alpha value is 0.250. The first-order valence-electron chi connectivity index (χ1n) is 6.20. The predicted octanol–water partition coefficient (Wildman–Crippen LogP) is -1.11. The summed E-state index contributed by atoms with van der Waals surface area (Å²) in [6, 6.07) is 0. The summed E-state index contributed by atoms with van der Waals surface area (Å²) in [7, 11) is 0. The maximum Gasteiger partial charge on any atom is 0.0773 e. The summed E-state index contributed by atoms with van der Waals surface area (Å²) in [4.78, 5) is 1.87. The molecule has 0 aliphatic carbocycles. The van der Waals surface area contributed by atoms with Gasteiger partial charge in [0.15, 0.2) is 0 Å². The minimum atomic E-state index is 0. The zero-order valence-corrected chi connectivity index (χ0v) is 10.6. The van der Waals surface area contributed by atoms with Crippen LogP contribution in [0.5, 0.6) is 0 Å². The van der Waals surface area contributed by atoms with E-state index in [9.17, 15) is 0 Å². The SMILES string of the molecule is CCCCC[NH+]1CCC(CC)CC1.[Cl-]. The number of unbranched alkanes of at least 4 members (excludes halogenated alkanes) is 2. The third-order valence-corrected chi connectivity index (χ3v) is 3.52. The number of likely N-dealkylation sites (tertiary alicyclic amines) is 1. The van der Waals surface area contributed by atoms with Crippen LogP contribution in [0.2, 0.25) is 0 Å². The van der Waals surface area contributed by atoms with E-state index in [1.54, 1.807) is 0 Å². The van der Waals surface area contributed by atoms with Crippen LogP contribution in [0, 0.1) is 5.92 Å². The molecule has 0 atom stereocenters. The van der Waals surface area contributed by atoms with Crippen LogP contribution in [0.25, 0.3) is 0 Å². The second kappa shape index (κ2) is 8.55. The van der Waals surface area contributed by atoms with Gasteiger partial charge >= 0.3 is 0 Å². The van der Waals surface area contributed by atoms with Crippen molar-refractivity contribution in [2.45, 2.75) is 52.4 Å². The molecular weight excluding hydrogens is 194 g/mol. The second-order valence-corrected chi connectivity index (χ2v) is 4.56. The minimum absolute atomic E-state index is 0. The molecule has 0 unspecified atom stereocenters. The maximum atomic E-state index is 2.34. The van der Waals surface area contributed by atoms with Crippen LogP contribution < -0.4 is 17.3 Å². The lowest BCUT2D eigenvalue weighted by molar-refractivity contribution is -0.906. The molecule has 0 aromatic carbocycles. The van der Waals surface area contributed by atoms with E-state index < -0.39 is 0 Å². The molecule has 0 radical (unpaired) electrons. The summed E-state index contributed by atoms with van der Waals surface area (Å²) in [6.45, 7) is 8.96. The van der Waals surface area contributed by atoms with Crippen molar-refractivity contribution in [3.8, 4) is 0 Å². The molecule has 1 aliphatic rings. The average Bonchev–Trinajstić information content (AvgIpc) is 2.19. The number of rotatable bonds is 5. The monoisotopic (exact) mass is 219 g/mol. The third kappa shape index (κ3) is 5.21. The number of hydrogen-bond donors (Lipinski definition) is 1. The summed E-state index contributed by atoms with van der Waals surface area (Å²) in [5.74, 6) is 1.05. The maximum absolute atomic E-state index is 2.34. The zero-order valence-electron chi connectivity index (χ0n) is 9.82. The zero-order chi connectivity index (χ0) is 9.52. The second-order valence-electron chi connectivity index (χ2n) is 4.56. The van der Waals surface area contributed by atoms with Crippen LogP contribution in [0.1, 0.15) is 52.4 Å². The molecule has 1 aliphatic heterocycles. The Balaban J connectivity index is 0.00000169. The summed E-state index contributed by atoms with van der Waals surface area (Å²) < 4.78 is 0. The van der Waals surface area contributed by atoms with E-state index in [4.69, 9.17) is 0 Å². The minimum Gasteiger partial charge on any atom is -1.00 e. The van der Waals surface area contributed by atoms with Gasteiger partial charge in [-0.2, -0.15) is 0 Å². The Labute approximate surface area is 95.7 Å².